The number of benzene rings is 1. The summed E-state index contributed by atoms with van der Waals surface area (Å²) in [6.45, 7) is 8.01. The summed E-state index contributed by atoms with van der Waals surface area (Å²) < 4.78 is 15.9. The molecule has 0 atom stereocenters. The Kier molecular flexibility index (Phi) is 9.74. The number of hydrogen-bond acceptors (Lipinski definition) is 9. The fourth-order valence-electron chi connectivity index (χ4n) is 3.35. The highest BCUT2D eigenvalue weighted by molar-refractivity contribution is 8.00. The van der Waals surface area contributed by atoms with Crippen LogP contribution in [0.5, 0.6) is 5.88 Å². The first-order valence-corrected chi connectivity index (χ1v) is 12.8. The van der Waals surface area contributed by atoms with Crippen LogP contribution in [-0.4, -0.2) is 72.7 Å². The van der Waals surface area contributed by atoms with Gasteiger partial charge >= 0.3 is 0 Å². The van der Waals surface area contributed by atoms with E-state index in [9.17, 15) is 4.79 Å². The smallest absolute Gasteiger partial charge is 0.215 e. The van der Waals surface area contributed by atoms with E-state index in [0.717, 1.165) is 35.5 Å². The zero-order valence-electron chi connectivity index (χ0n) is 21.9. The average Bonchev–Trinajstić information content (AvgIpc) is 3.21. The van der Waals surface area contributed by atoms with Crippen molar-refractivity contribution in [2.75, 3.05) is 56.8 Å². The predicted octanol–water partition coefficient (Wildman–Crippen LogP) is 4.90. The number of pyridine rings is 1. The highest BCUT2D eigenvalue weighted by Crippen LogP contribution is 2.34. The van der Waals surface area contributed by atoms with E-state index in [1.54, 1.807) is 31.3 Å². The van der Waals surface area contributed by atoms with E-state index in [-0.39, 0.29) is 5.54 Å². The van der Waals surface area contributed by atoms with Gasteiger partial charge in [0.25, 0.3) is 0 Å². The first kappa shape index (κ1) is 27.5. The van der Waals surface area contributed by atoms with Crippen molar-refractivity contribution in [1.82, 2.24) is 19.7 Å². The molecule has 10 heteroatoms. The summed E-state index contributed by atoms with van der Waals surface area (Å²) in [6, 6.07) is 11.6. The Hall–Kier alpha value is -3.08. The van der Waals surface area contributed by atoms with Gasteiger partial charge in [0.1, 0.15) is 18.1 Å². The first-order valence-electron chi connectivity index (χ1n) is 11.8. The summed E-state index contributed by atoms with van der Waals surface area (Å²) in [5, 5.41) is 8.23. The zero-order chi connectivity index (χ0) is 26.1. The number of aromatic nitrogens is 3. The van der Waals surface area contributed by atoms with Crippen LogP contribution in [0.4, 0.5) is 17.2 Å². The second-order valence-electron chi connectivity index (χ2n) is 9.49. The van der Waals surface area contributed by atoms with Gasteiger partial charge in [-0.05, 0) is 53.1 Å². The molecular weight excluding hydrogens is 476 g/mol. The molecule has 2 N–H and O–H groups in total. The van der Waals surface area contributed by atoms with Gasteiger partial charge in [-0.15, -0.1) is 0 Å². The lowest BCUT2D eigenvalue weighted by molar-refractivity contribution is 0.112. The van der Waals surface area contributed by atoms with Crippen LogP contribution in [0.15, 0.2) is 42.6 Å². The van der Waals surface area contributed by atoms with Crippen molar-refractivity contribution in [1.29, 1.82) is 0 Å². The van der Waals surface area contributed by atoms with Gasteiger partial charge in [-0.25, -0.2) is 9.67 Å². The SMILES string of the molecule is COCCOc1cc(Nc2c(C=O)c(-c3ccc(NSCCN(C)C)cc3)nn2C(C)(C)C)ccn1. The number of carbonyl (C=O) groups is 1. The third kappa shape index (κ3) is 7.46. The molecule has 3 aromatic rings. The van der Waals surface area contributed by atoms with Gasteiger partial charge < -0.3 is 24.4 Å². The number of aldehydes is 1. The van der Waals surface area contributed by atoms with Crippen molar-refractivity contribution in [2.24, 2.45) is 0 Å². The molecule has 9 nitrogen and oxygen atoms in total. The van der Waals surface area contributed by atoms with Crippen LogP contribution in [-0.2, 0) is 10.3 Å². The summed E-state index contributed by atoms with van der Waals surface area (Å²) >= 11 is 1.66. The van der Waals surface area contributed by atoms with E-state index < -0.39 is 0 Å². The third-order valence-electron chi connectivity index (χ3n) is 5.20. The van der Waals surface area contributed by atoms with Crippen LogP contribution in [0.2, 0.25) is 0 Å². The number of hydrogen-bond donors (Lipinski definition) is 2. The summed E-state index contributed by atoms with van der Waals surface area (Å²) in [5.41, 5.74) is 3.36. The Morgan fingerprint density at radius 2 is 1.86 bits per heavy atom. The predicted molar refractivity (Wildman–Crippen MR) is 148 cm³/mol. The topological polar surface area (TPSA) is 93.5 Å². The zero-order valence-corrected chi connectivity index (χ0v) is 22.7. The molecule has 0 fully saturated rings. The van der Waals surface area contributed by atoms with Crippen LogP contribution in [0, 0.1) is 0 Å². The lowest BCUT2D eigenvalue weighted by Crippen LogP contribution is -2.24. The van der Waals surface area contributed by atoms with Gasteiger partial charge in [-0.2, -0.15) is 5.10 Å². The Morgan fingerprint density at radius 1 is 1.11 bits per heavy atom. The Bertz CT molecular complexity index is 1130. The molecule has 194 valence electrons. The number of rotatable bonds is 13. The fraction of sp³-hybridized carbons (Fsp3) is 0.423. The molecule has 0 saturated heterocycles. The molecule has 0 amide bonds. The second-order valence-corrected chi connectivity index (χ2v) is 10.4. The molecule has 0 aliphatic heterocycles. The van der Waals surface area contributed by atoms with Crippen LogP contribution in [0.3, 0.4) is 0 Å². The van der Waals surface area contributed by atoms with Gasteiger partial charge in [-0.3, -0.25) is 4.79 Å². The lowest BCUT2D eigenvalue weighted by Gasteiger charge is -2.23. The Labute approximate surface area is 217 Å². The normalized spacial score (nSPS) is 11.5. The monoisotopic (exact) mass is 512 g/mol. The van der Waals surface area contributed by atoms with Crippen molar-refractivity contribution in [3.05, 3.63) is 48.2 Å². The molecule has 3 rings (SSSR count). The molecular formula is C26H36N6O3S. The summed E-state index contributed by atoms with van der Waals surface area (Å²) in [7, 11) is 5.74. The van der Waals surface area contributed by atoms with Gasteiger partial charge in [0.05, 0.1) is 17.7 Å². The van der Waals surface area contributed by atoms with Crippen molar-refractivity contribution in [3.8, 4) is 17.1 Å². The molecule has 36 heavy (non-hydrogen) atoms. The van der Waals surface area contributed by atoms with Crippen LogP contribution in [0.1, 0.15) is 31.1 Å². The van der Waals surface area contributed by atoms with Gasteiger partial charge in [0, 0.05) is 48.6 Å². The maximum Gasteiger partial charge on any atom is 0.215 e. The minimum absolute atomic E-state index is 0.367. The summed E-state index contributed by atoms with van der Waals surface area (Å²) in [5.74, 6) is 2.06. The average molecular weight is 513 g/mol. The van der Waals surface area contributed by atoms with Crippen molar-refractivity contribution in [2.45, 2.75) is 26.3 Å². The summed E-state index contributed by atoms with van der Waals surface area (Å²) in [6.07, 6.45) is 2.51. The number of nitrogens with one attached hydrogen (secondary N) is 2. The van der Waals surface area contributed by atoms with E-state index in [2.05, 4.69) is 34.0 Å². The van der Waals surface area contributed by atoms with Crippen LogP contribution in [0.25, 0.3) is 11.3 Å². The van der Waals surface area contributed by atoms with Crippen LogP contribution < -0.4 is 14.8 Å². The fourth-order valence-corrected chi connectivity index (χ4v) is 4.21. The third-order valence-corrected chi connectivity index (χ3v) is 5.97. The molecule has 0 spiro atoms. The molecule has 0 aliphatic carbocycles. The Balaban J connectivity index is 1.87. The molecule has 2 heterocycles. The standard InChI is InChI=1S/C26H36N6O3S/c1-26(2,3)32-25(28-21-11-12-27-23(17-21)35-15-14-34-6)22(18-33)24(29-32)19-7-9-20(10-8-19)30-36-16-13-31(4)5/h7-12,17-18,30H,13-16H2,1-6H3,(H,27,28). The number of nitrogens with zero attached hydrogens (tertiary/aromatic N) is 4. The lowest BCUT2D eigenvalue weighted by atomic mass is 10.1. The first-order chi connectivity index (χ1) is 17.2. The number of methoxy groups -OCH3 is 1. The minimum Gasteiger partial charge on any atom is -0.475 e. The van der Waals surface area contributed by atoms with Crippen molar-refractivity contribution in [3.63, 3.8) is 0 Å². The molecule has 0 aliphatic rings. The van der Waals surface area contributed by atoms with E-state index in [4.69, 9.17) is 14.6 Å². The Morgan fingerprint density at radius 3 is 2.50 bits per heavy atom. The van der Waals surface area contributed by atoms with Crippen molar-refractivity contribution >= 4 is 35.4 Å². The van der Waals surface area contributed by atoms with Gasteiger partial charge in [0.2, 0.25) is 5.88 Å². The highest BCUT2D eigenvalue weighted by Gasteiger charge is 2.26. The molecule has 0 bridgehead atoms. The summed E-state index contributed by atoms with van der Waals surface area (Å²) in [4.78, 5) is 18.7. The van der Waals surface area contributed by atoms with Gasteiger partial charge in [0.15, 0.2) is 6.29 Å². The van der Waals surface area contributed by atoms with E-state index >= 15 is 0 Å². The van der Waals surface area contributed by atoms with E-state index in [1.165, 1.54) is 0 Å². The maximum atomic E-state index is 12.3. The molecule has 0 saturated carbocycles. The molecule has 0 unspecified atom stereocenters. The van der Waals surface area contributed by atoms with Crippen molar-refractivity contribution < 1.29 is 14.3 Å². The van der Waals surface area contributed by atoms with Gasteiger partial charge in [-0.1, -0.05) is 24.1 Å². The molecule has 2 aromatic heterocycles. The largest absolute Gasteiger partial charge is 0.475 e. The van der Waals surface area contributed by atoms with E-state index in [0.29, 0.717) is 36.2 Å². The van der Waals surface area contributed by atoms with E-state index in [1.807, 2.05) is 55.8 Å². The number of ether oxygens (including phenoxy) is 2. The second kappa shape index (κ2) is 12.8. The maximum absolute atomic E-state index is 12.3. The quantitative estimate of drug-likeness (QED) is 0.188. The number of carbonyl (C=O) groups excluding carboxylic acids is 1. The minimum atomic E-state index is -0.367. The highest BCUT2D eigenvalue weighted by atomic mass is 32.2. The number of anilines is 3. The molecule has 0 radical (unpaired) electrons. The molecule has 1 aromatic carbocycles. The van der Waals surface area contributed by atoms with Crippen LogP contribution >= 0.6 is 11.9 Å².